The van der Waals surface area contributed by atoms with Crippen molar-refractivity contribution >= 4 is 17.4 Å². The minimum atomic E-state index is -0.824. The van der Waals surface area contributed by atoms with Crippen LogP contribution in [0, 0.1) is 0 Å². The number of likely N-dealkylation sites (N-methyl/N-ethyl adjacent to an activating group) is 1. The Balaban J connectivity index is 2.04. The number of phenolic OH excluding ortho intramolecular Hbond substituents is 1. The third-order valence-corrected chi connectivity index (χ3v) is 6.51. The maximum atomic E-state index is 13.2. The Labute approximate surface area is 212 Å². The van der Waals surface area contributed by atoms with E-state index in [9.17, 15) is 19.8 Å². The number of amides is 1. The number of methoxy groups -OCH3 is 1. The first-order chi connectivity index (χ1) is 17.4. The molecule has 1 unspecified atom stereocenters. The van der Waals surface area contributed by atoms with Crippen molar-refractivity contribution in [2.75, 3.05) is 39.9 Å². The highest BCUT2D eigenvalue weighted by atomic mass is 16.5. The van der Waals surface area contributed by atoms with Crippen LogP contribution in [0.2, 0.25) is 0 Å². The Hall–Kier alpha value is -3.52. The van der Waals surface area contributed by atoms with Crippen LogP contribution < -0.4 is 9.47 Å². The van der Waals surface area contributed by atoms with Crippen LogP contribution in [0.3, 0.4) is 0 Å². The van der Waals surface area contributed by atoms with Crippen molar-refractivity contribution in [1.82, 2.24) is 9.80 Å². The number of carbonyl (C=O) groups excluding carboxylic acids is 2. The number of benzene rings is 2. The first-order valence-electron chi connectivity index (χ1n) is 12.5. The van der Waals surface area contributed by atoms with E-state index in [-0.39, 0.29) is 22.8 Å². The normalized spacial score (nSPS) is 17.1. The van der Waals surface area contributed by atoms with Crippen LogP contribution in [-0.2, 0) is 9.59 Å². The highest BCUT2D eigenvalue weighted by molar-refractivity contribution is 6.46. The van der Waals surface area contributed by atoms with Gasteiger partial charge in [0.1, 0.15) is 11.5 Å². The van der Waals surface area contributed by atoms with Crippen molar-refractivity contribution in [2.24, 2.45) is 0 Å². The molecule has 1 atom stereocenters. The molecule has 1 aliphatic rings. The Morgan fingerprint density at radius 3 is 2.36 bits per heavy atom. The van der Waals surface area contributed by atoms with Crippen LogP contribution in [0.4, 0.5) is 0 Å². The second-order valence-corrected chi connectivity index (χ2v) is 8.68. The zero-order chi connectivity index (χ0) is 26.2. The number of ketones is 1. The molecule has 0 aliphatic carbocycles. The summed E-state index contributed by atoms with van der Waals surface area (Å²) < 4.78 is 11.0. The molecule has 1 fully saturated rings. The number of likely N-dealkylation sites (tertiary alicyclic amines) is 1. The van der Waals surface area contributed by atoms with E-state index in [1.807, 2.05) is 13.8 Å². The van der Waals surface area contributed by atoms with Crippen LogP contribution in [-0.4, -0.2) is 71.6 Å². The number of phenols is 1. The quantitative estimate of drug-likeness (QED) is 0.195. The van der Waals surface area contributed by atoms with E-state index in [0.717, 1.165) is 25.9 Å². The summed E-state index contributed by atoms with van der Waals surface area (Å²) in [5.41, 5.74) is 0.978. The molecule has 2 aromatic carbocycles. The summed E-state index contributed by atoms with van der Waals surface area (Å²) in [5.74, 6) is -0.835. The van der Waals surface area contributed by atoms with Gasteiger partial charge in [-0.3, -0.25) is 9.59 Å². The van der Waals surface area contributed by atoms with Gasteiger partial charge < -0.3 is 29.5 Å². The predicted molar refractivity (Wildman–Crippen MR) is 138 cm³/mol. The van der Waals surface area contributed by atoms with Crippen molar-refractivity contribution in [1.29, 1.82) is 0 Å². The molecule has 0 spiro atoms. The summed E-state index contributed by atoms with van der Waals surface area (Å²) in [6.07, 6.45) is 1.96. The molecule has 2 N–H and O–H groups in total. The average Bonchev–Trinajstić information content (AvgIpc) is 3.14. The molecule has 0 aromatic heterocycles. The fourth-order valence-electron chi connectivity index (χ4n) is 4.31. The molecular formula is C28H36N2O6. The summed E-state index contributed by atoms with van der Waals surface area (Å²) in [7, 11) is 1.43. The lowest BCUT2D eigenvalue weighted by atomic mass is 9.95. The van der Waals surface area contributed by atoms with Gasteiger partial charge in [-0.1, -0.05) is 33.3 Å². The van der Waals surface area contributed by atoms with E-state index in [1.165, 1.54) is 18.1 Å². The van der Waals surface area contributed by atoms with Crippen molar-refractivity contribution in [2.45, 2.75) is 39.7 Å². The first-order valence-corrected chi connectivity index (χ1v) is 12.5. The summed E-state index contributed by atoms with van der Waals surface area (Å²) in [6.45, 7) is 9.27. The lowest BCUT2D eigenvalue weighted by Crippen LogP contribution is -2.38. The van der Waals surface area contributed by atoms with E-state index in [2.05, 4.69) is 11.8 Å². The number of Topliss-reactive ketones (excluding diaryl/α,β-unsaturated/α-hetero) is 1. The van der Waals surface area contributed by atoms with Crippen LogP contribution in [0.1, 0.15) is 50.8 Å². The monoisotopic (exact) mass is 496 g/mol. The number of aliphatic hydroxyl groups is 1. The van der Waals surface area contributed by atoms with E-state index < -0.39 is 17.7 Å². The number of ether oxygens (including phenoxy) is 2. The molecule has 0 radical (unpaired) electrons. The standard InChI is InChI=1S/C28H36N2O6/c1-5-8-17-36-21-12-9-19(10-13-21)26(32)24-25(20-11-14-22(31)23(18-20)35-4)30(28(34)27(24)33)16-15-29(6-2)7-3/h9-14,18,25,31-32H,5-8,15-17H2,1-4H3/b26-24-. The molecule has 1 amide bonds. The predicted octanol–water partition coefficient (Wildman–Crippen LogP) is 4.34. The van der Waals surface area contributed by atoms with Crippen molar-refractivity contribution in [3.8, 4) is 17.2 Å². The minimum absolute atomic E-state index is 0.00643. The average molecular weight is 497 g/mol. The summed E-state index contributed by atoms with van der Waals surface area (Å²) >= 11 is 0. The Morgan fingerprint density at radius 2 is 1.75 bits per heavy atom. The second-order valence-electron chi connectivity index (χ2n) is 8.68. The van der Waals surface area contributed by atoms with Gasteiger partial charge in [0.15, 0.2) is 11.5 Å². The maximum Gasteiger partial charge on any atom is 0.295 e. The zero-order valence-electron chi connectivity index (χ0n) is 21.5. The van der Waals surface area contributed by atoms with E-state index >= 15 is 0 Å². The summed E-state index contributed by atoms with van der Waals surface area (Å²) in [5, 5.41) is 21.4. The Kier molecular flexibility index (Phi) is 9.36. The molecule has 3 rings (SSSR count). The van der Waals surface area contributed by atoms with Gasteiger partial charge in [0.25, 0.3) is 11.7 Å². The summed E-state index contributed by atoms with van der Waals surface area (Å²) in [4.78, 5) is 30.0. The highest BCUT2D eigenvalue weighted by Crippen LogP contribution is 2.41. The number of carbonyl (C=O) groups is 2. The summed E-state index contributed by atoms with van der Waals surface area (Å²) in [6, 6.07) is 10.7. The lowest BCUT2D eigenvalue weighted by molar-refractivity contribution is -0.140. The van der Waals surface area contributed by atoms with Gasteiger partial charge in [-0.05, 0) is 61.5 Å². The van der Waals surface area contributed by atoms with E-state index in [0.29, 0.717) is 36.6 Å². The second kappa shape index (κ2) is 12.4. The number of hydrogen-bond acceptors (Lipinski definition) is 7. The maximum absolute atomic E-state index is 13.2. The number of unbranched alkanes of at least 4 members (excludes halogenated alkanes) is 1. The molecule has 0 saturated carbocycles. The van der Waals surface area contributed by atoms with Gasteiger partial charge in [0, 0.05) is 18.7 Å². The number of aromatic hydroxyl groups is 1. The van der Waals surface area contributed by atoms with Gasteiger partial charge in [-0.2, -0.15) is 0 Å². The number of rotatable bonds is 12. The minimum Gasteiger partial charge on any atom is -0.507 e. The third-order valence-electron chi connectivity index (χ3n) is 6.51. The smallest absolute Gasteiger partial charge is 0.295 e. The van der Waals surface area contributed by atoms with Crippen LogP contribution in [0.5, 0.6) is 17.2 Å². The van der Waals surface area contributed by atoms with Crippen LogP contribution in [0.15, 0.2) is 48.0 Å². The van der Waals surface area contributed by atoms with Crippen molar-refractivity contribution in [3.63, 3.8) is 0 Å². The molecule has 8 nitrogen and oxygen atoms in total. The largest absolute Gasteiger partial charge is 0.507 e. The highest BCUT2D eigenvalue weighted by Gasteiger charge is 2.46. The van der Waals surface area contributed by atoms with Gasteiger partial charge in [0.05, 0.1) is 25.3 Å². The number of hydrogen-bond donors (Lipinski definition) is 2. The molecule has 194 valence electrons. The molecule has 1 saturated heterocycles. The molecule has 1 heterocycles. The van der Waals surface area contributed by atoms with Crippen LogP contribution >= 0.6 is 0 Å². The first kappa shape index (κ1) is 27.1. The van der Waals surface area contributed by atoms with Gasteiger partial charge in [-0.15, -0.1) is 0 Å². The topological polar surface area (TPSA) is 99.5 Å². The Morgan fingerprint density at radius 1 is 1.06 bits per heavy atom. The fraction of sp³-hybridized carbons (Fsp3) is 0.429. The number of nitrogens with zero attached hydrogens (tertiary/aromatic N) is 2. The van der Waals surface area contributed by atoms with Gasteiger partial charge in [-0.25, -0.2) is 0 Å². The van der Waals surface area contributed by atoms with Crippen molar-refractivity contribution in [3.05, 3.63) is 59.2 Å². The number of aliphatic hydroxyl groups excluding tert-OH is 1. The Bertz CT molecular complexity index is 1090. The van der Waals surface area contributed by atoms with Crippen molar-refractivity contribution < 1.29 is 29.3 Å². The molecular weight excluding hydrogens is 460 g/mol. The molecule has 1 aliphatic heterocycles. The molecule has 36 heavy (non-hydrogen) atoms. The zero-order valence-corrected chi connectivity index (χ0v) is 21.5. The van der Waals surface area contributed by atoms with Gasteiger partial charge in [0.2, 0.25) is 0 Å². The fourth-order valence-corrected chi connectivity index (χ4v) is 4.31. The lowest BCUT2D eigenvalue weighted by Gasteiger charge is -2.28. The van der Waals surface area contributed by atoms with E-state index in [1.54, 1.807) is 36.4 Å². The molecule has 0 bridgehead atoms. The molecule has 2 aromatic rings. The third kappa shape index (κ3) is 5.82. The van der Waals surface area contributed by atoms with Crippen LogP contribution in [0.25, 0.3) is 5.76 Å². The molecule has 8 heteroatoms. The van der Waals surface area contributed by atoms with E-state index in [4.69, 9.17) is 9.47 Å². The van der Waals surface area contributed by atoms with Gasteiger partial charge >= 0.3 is 0 Å². The SMILES string of the molecule is CCCCOc1ccc(/C(O)=C2/C(=O)C(=O)N(CCN(CC)CC)C2c2ccc(O)c(OC)c2)cc1.